The fourth-order valence-electron chi connectivity index (χ4n) is 2.12. The van der Waals surface area contributed by atoms with Gasteiger partial charge in [0.25, 0.3) is 0 Å². The Kier molecular flexibility index (Phi) is 3.37. The molecule has 1 aromatic heterocycles. The highest BCUT2D eigenvalue weighted by atomic mass is 19.1. The number of aromatic hydroxyl groups is 1. The fourth-order valence-corrected chi connectivity index (χ4v) is 2.12. The van der Waals surface area contributed by atoms with Gasteiger partial charge in [-0.05, 0) is 36.4 Å². The molecule has 0 fully saturated rings. The van der Waals surface area contributed by atoms with Gasteiger partial charge < -0.3 is 10.2 Å². The zero-order chi connectivity index (χ0) is 14.8. The highest BCUT2D eigenvalue weighted by Gasteiger charge is 2.18. The maximum atomic E-state index is 14.0. The lowest BCUT2D eigenvalue weighted by Gasteiger charge is -2.08. The molecule has 0 aliphatic heterocycles. The first kappa shape index (κ1) is 13.3. The number of rotatable bonds is 3. The summed E-state index contributed by atoms with van der Waals surface area (Å²) >= 11 is 0. The van der Waals surface area contributed by atoms with Crippen molar-refractivity contribution in [1.29, 1.82) is 0 Å². The Morgan fingerprint density at radius 2 is 1.76 bits per heavy atom. The third-order valence-electron chi connectivity index (χ3n) is 3.11. The zero-order valence-electron chi connectivity index (χ0n) is 10.9. The Morgan fingerprint density at radius 1 is 1.05 bits per heavy atom. The Hall–Kier alpha value is -2.73. The molecule has 3 aromatic rings. The lowest BCUT2D eigenvalue weighted by atomic mass is 10.1. The molecule has 0 atom stereocenters. The van der Waals surface area contributed by atoms with Gasteiger partial charge in [0.1, 0.15) is 23.0 Å². The van der Waals surface area contributed by atoms with Gasteiger partial charge >= 0.3 is 0 Å². The number of aliphatic hydroxyl groups excluding tert-OH is 1. The van der Waals surface area contributed by atoms with Crippen LogP contribution in [0.4, 0.5) is 4.39 Å². The summed E-state index contributed by atoms with van der Waals surface area (Å²) in [5, 5.41) is 26.6. The zero-order valence-corrected chi connectivity index (χ0v) is 10.9. The van der Waals surface area contributed by atoms with E-state index in [4.69, 9.17) is 0 Å². The third kappa shape index (κ3) is 2.36. The van der Waals surface area contributed by atoms with Crippen LogP contribution < -0.4 is 0 Å². The van der Waals surface area contributed by atoms with Crippen LogP contribution in [0, 0.1) is 5.82 Å². The number of phenols is 1. The standard InChI is InChI=1S/C15H12FN3O2/c16-13-4-2-1-3-12(13)15-14(9-20)17-18-19(15)10-5-7-11(21)8-6-10/h1-8,20-21H,9H2. The molecule has 0 unspecified atom stereocenters. The van der Waals surface area contributed by atoms with Crippen molar-refractivity contribution < 1.29 is 14.6 Å². The molecular formula is C15H12FN3O2. The predicted molar refractivity (Wildman–Crippen MR) is 74.3 cm³/mol. The minimum absolute atomic E-state index is 0.119. The van der Waals surface area contributed by atoms with E-state index in [2.05, 4.69) is 10.3 Å². The quantitative estimate of drug-likeness (QED) is 0.774. The van der Waals surface area contributed by atoms with E-state index >= 15 is 0 Å². The summed E-state index contributed by atoms with van der Waals surface area (Å²) in [7, 11) is 0. The summed E-state index contributed by atoms with van der Waals surface area (Å²) in [6, 6.07) is 12.5. The Morgan fingerprint density at radius 3 is 2.43 bits per heavy atom. The van der Waals surface area contributed by atoms with Crippen molar-refractivity contribution in [2.45, 2.75) is 6.61 Å². The van der Waals surface area contributed by atoms with Gasteiger partial charge in [-0.1, -0.05) is 17.3 Å². The van der Waals surface area contributed by atoms with E-state index in [0.717, 1.165) is 0 Å². The van der Waals surface area contributed by atoms with Crippen molar-refractivity contribution in [2.75, 3.05) is 0 Å². The predicted octanol–water partition coefficient (Wildman–Crippen LogP) is 2.27. The van der Waals surface area contributed by atoms with Crippen LogP contribution in [0.5, 0.6) is 5.75 Å². The third-order valence-corrected chi connectivity index (χ3v) is 3.11. The van der Waals surface area contributed by atoms with Crippen molar-refractivity contribution in [3.63, 3.8) is 0 Å². The average Bonchev–Trinajstić information content (AvgIpc) is 2.92. The van der Waals surface area contributed by atoms with Crippen molar-refractivity contribution in [3.8, 4) is 22.7 Å². The molecule has 0 aliphatic carbocycles. The summed E-state index contributed by atoms with van der Waals surface area (Å²) in [6.07, 6.45) is 0. The molecule has 2 N–H and O–H groups in total. The first-order chi connectivity index (χ1) is 10.2. The van der Waals surface area contributed by atoms with Crippen LogP contribution in [0.1, 0.15) is 5.69 Å². The van der Waals surface area contributed by atoms with Gasteiger partial charge in [-0.3, -0.25) is 0 Å². The second-order valence-corrected chi connectivity index (χ2v) is 4.45. The monoisotopic (exact) mass is 285 g/mol. The van der Waals surface area contributed by atoms with E-state index < -0.39 is 5.82 Å². The van der Waals surface area contributed by atoms with Crippen LogP contribution in [0.15, 0.2) is 48.5 Å². The molecule has 0 bridgehead atoms. The molecular weight excluding hydrogens is 273 g/mol. The van der Waals surface area contributed by atoms with Gasteiger partial charge in [0.05, 0.1) is 12.3 Å². The van der Waals surface area contributed by atoms with Gasteiger partial charge in [-0.2, -0.15) is 0 Å². The summed E-state index contributed by atoms with van der Waals surface area (Å²) in [5.41, 5.74) is 1.59. The number of aliphatic hydroxyl groups is 1. The molecule has 2 aromatic carbocycles. The molecule has 21 heavy (non-hydrogen) atoms. The Labute approximate surface area is 119 Å². The maximum absolute atomic E-state index is 14.0. The lowest BCUT2D eigenvalue weighted by molar-refractivity contribution is 0.277. The largest absolute Gasteiger partial charge is 0.508 e. The summed E-state index contributed by atoms with van der Waals surface area (Å²) in [5.74, 6) is -0.303. The normalized spacial score (nSPS) is 10.8. The Balaban J connectivity index is 2.22. The van der Waals surface area contributed by atoms with Gasteiger partial charge in [-0.15, -0.1) is 5.10 Å². The SMILES string of the molecule is OCc1nnn(-c2ccc(O)cc2)c1-c1ccccc1F. The number of phenolic OH excluding ortho intramolecular Hbond substituents is 1. The van der Waals surface area contributed by atoms with Crippen LogP contribution >= 0.6 is 0 Å². The number of hydrogen-bond donors (Lipinski definition) is 2. The summed E-state index contributed by atoms with van der Waals surface area (Å²) in [6.45, 7) is -0.345. The van der Waals surface area contributed by atoms with E-state index in [0.29, 0.717) is 16.9 Å². The number of nitrogens with zero attached hydrogens (tertiary/aromatic N) is 3. The van der Waals surface area contributed by atoms with Gasteiger partial charge in [0.15, 0.2) is 0 Å². The van der Waals surface area contributed by atoms with Crippen molar-refractivity contribution in [3.05, 3.63) is 60.0 Å². The second-order valence-electron chi connectivity index (χ2n) is 4.45. The Bertz CT molecular complexity index is 769. The number of benzene rings is 2. The highest BCUT2D eigenvalue weighted by Crippen LogP contribution is 2.28. The van der Waals surface area contributed by atoms with Crippen LogP contribution in [0.2, 0.25) is 0 Å². The van der Waals surface area contributed by atoms with E-state index in [9.17, 15) is 14.6 Å². The summed E-state index contributed by atoms with van der Waals surface area (Å²) < 4.78 is 15.5. The smallest absolute Gasteiger partial charge is 0.132 e. The minimum atomic E-state index is -0.422. The van der Waals surface area contributed by atoms with Crippen LogP contribution in [-0.2, 0) is 6.61 Å². The van der Waals surface area contributed by atoms with Crippen LogP contribution in [0.3, 0.4) is 0 Å². The molecule has 106 valence electrons. The topological polar surface area (TPSA) is 71.2 Å². The first-order valence-corrected chi connectivity index (χ1v) is 6.30. The molecule has 5 nitrogen and oxygen atoms in total. The molecule has 0 saturated carbocycles. The van der Waals surface area contributed by atoms with E-state index in [1.54, 1.807) is 30.3 Å². The van der Waals surface area contributed by atoms with Crippen molar-refractivity contribution in [1.82, 2.24) is 15.0 Å². The van der Waals surface area contributed by atoms with E-state index in [1.165, 1.54) is 22.9 Å². The van der Waals surface area contributed by atoms with Crippen molar-refractivity contribution >= 4 is 0 Å². The van der Waals surface area contributed by atoms with Gasteiger partial charge in [-0.25, -0.2) is 9.07 Å². The van der Waals surface area contributed by atoms with Crippen LogP contribution in [-0.4, -0.2) is 25.2 Å². The number of halogens is 1. The molecule has 0 aliphatic rings. The first-order valence-electron chi connectivity index (χ1n) is 6.30. The molecule has 1 heterocycles. The van der Waals surface area contributed by atoms with Crippen LogP contribution in [0.25, 0.3) is 16.9 Å². The van der Waals surface area contributed by atoms with Crippen molar-refractivity contribution in [2.24, 2.45) is 0 Å². The second kappa shape index (κ2) is 5.34. The maximum Gasteiger partial charge on any atom is 0.132 e. The van der Waals surface area contributed by atoms with Gasteiger partial charge in [0, 0.05) is 5.56 Å². The summed E-state index contributed by atoms with van der Waals surface area (Å²) in [4.78, 5) is 0. The molecule has 0 radical (unpaired) electrons. The van der Waals surface area contributed by atoms with Gasteiger partial charge in [0.2, 0.25) is 0 Å². The fraction of sp³-hybridized carbons (Fsp3) is 0.0667. The lowest BCUT2D eigenvalue weighted by Crippen LogP contribution is -2.01. The minimum Gasteiger partial charge on any atom is -0.508 e. The molecule has 0 amide bonds. The molecule has 0 saturated heterocycles. The number of aromatic nitrogens is 3. The number of hydrogen-bond acceptors (Lipinski definition) is 4. The van der Waals surface area contributed by atoms with E-state index in [1.807, 2.05) is 0 Å². The molecule has 3 rings (SSSR count). The highest BCUT2D eigenvalue weighted by molar-refractivity contribution is 5.65. The average molecular weight is 285 g/mol. The molecule has 6 heteroatoms. The van der Waals surface area contributed by atoms with E-state index in [-0.39, 0.29) is 18.1 Å². The molecule has 0 spiro atoms.